The molecule has 7 nitrogen and oxygen atoms in total. The summed E-state index contributed by atoms with van der Waals surface area (Å²) in [7, 11) is 0. The van der Waals surface area contributed by atoms with Crippen molar-refractivity contribution < 1.29 is 14.4 Å². The highest BCUT2D eigenvalue weighted by Gasteiger charge is 2.58. The Morgan fingerprint density at radius 2 is 1.76 bits per heavy atom. The number of carbonyl (C=O) groups is 3. The number of carbonyl (C=O) groups excluding carboxylic acids is 3. The van der Waals surface area contributed by atoms with Crippen molar-refractivity contribution in [3.63, 3.8) is 0 Å². The highest BCUT2D eigenvalue weighted by molar-refractivity contribution is 7.13. The standard InChI is InChI=1S/C21H20N4O3S/c26-16(23-21-24-22-11-29-21)10-15(12-4-2-1-3-5-12)25-19(27)17-13-6-7-14(9-8-13)18(17)20(25)28/h1-7,11,13-15,17-18H,8-10H2,(H,23,24,26)/t13-,14-,15-,17-,18+/m0/s1. The van der Waals surface area contributed by atoms with Gasteiger partial charge in [0.05, 0.1) is 24.3 Å². The molecule has 0 unspecified atom stereocenters. The summed E-state index contributed by atoms with van der Waals surface area (Å²) in [5.74, 6) is -0.913. The van der Waals surface area contributed by atoms with Crippen molar-refractivity contribution in [2.24, 2.45) is 23.7 Å². The average Bonchev–Trinajstić information content (AvgIpc) is 3.35. The number of rotatable bonds is 5. The van der Waals surface area contributed by atoms with Crippen LogP contribution in [0.15, 0.2) is 48.0 Å². The van der Waals surface area contributed by atoms with Gasteiger partial charge in [0.15, 0.2) is 0 Å². The van der Waals surface area contributed by atoms with Crippen LogP contribution in [0.3, 0.4) is 0 Å². The Morgan fingerprint density at radius 3 is 2.31 bits per heavy atom. The molecule has 1 saturated heterocycles. The van der Waals surface area contributed by atoms with E-state index in [4.69, 9.17) is 0 Å². The molecule has 1 aromatic carbocycles. The maximum Gasteiger partial charge on any atom is 0.234 e. The number of likely N-dealkylation sites (tertiary alicyclic amines) is 1. The molecule has 0 spiro atoms. The normalized spacial score (nSPS) is 28.5. The fourth-order valence-electron chi connectivity index (χ4n) is 5.01. The van der Waals surface area contributed by atoms with E-state index < -0.39 is 6.04 Å². The summed E-state index contributed by atoms with van der Waals surface area (Å²) < 4.78 is 0. The molecule has 29 heavy (non-hydrogen) atoms. The fraction of sp³-hybridized carbons (Fsp3) is 0.381. The van der Waals surface area contributed by atoms with Crippen molar-refractivity contribution in [2.45, 2.75) is 25.3 Å². The second-order valence-electron chi connectivity index (χ2n) is 7.81. The van der Waals surface area contributed by atoms with Gasteiger partial charge in [0.1, 0.15) is 5.51 Å². The molecule has 0 radical (unpaired) electrons. The van der Waals surface area contributed by atoms with Crippen molar-refractivity contribution >= 4 is 34.2 Å². The third kappa shape index (κ3) is 3.07. The summed E-state index contributed by atoms with van der Waals surface area (Å²) in [6.45, 7) is 0. The summed E-state index contributed by atoms with van der Waals surface area (Å²) in [6, 6.07) is 8.67. The molecule has 1 aromatic heterocycles. The molecular weight excluding hydrogens is 388 g/mol. The van der Waals surface area contributed by atoms with Gasteiger partial charge in [0, 0.05) is 0 Å². The molecule has 2 fully saturated rings. The van der Waals surface area contributed by atoms with Gasteiger partial charge in [-0.15, -0.1) is 10.2 Å². The third-order valence-corrected chi connectivity index (χ3v) is 6.88. The van der Waals surface area contributed by atoms with E-state index in [1.54, 1.807) is 0 Å². The summed E-state index contributed by atoms with van der Waals surface area (Å²) in [4.78, 5) is 40.8. The first-order chi connectivity index (χ1) is 14.1. The van der Waals surface area contributed by atoms with E-state index in [1.165, 1.54) is 21.7 Å². The summed E-state index contributed by atoms with van der Waals surface area (Å²) in [5.41, 5.74) is 2.31. The molecule has 2 heterocycles. The Hall–Kier alpha value is -2.87. The van der Waals surface area contributed by atoms with Gasteiger partial charge in [-0.3, -0.25) is 19.3 Å². The van der Waals surface area contributed by atoms with Crippen LogP contribution in [0.5, 0.6) is 0 Å². The number of benzene rings is 1. The molecular formula is C21H20N4O3S. The molecule has 5 atom stereocenters. The van der Waals surface area contributed by atoms with E-state index in [0.29, 0.717) is 5.13 Å². The molecule has 4 aliphatic rings. The zero-order chi connectivity index (χ0) is 20.0. The number of amides is 3. The molecule has 2 aromatic rings. The topological polar surface area (TPSA) is 92.3 Å². The molecule has 1 aliphatic heterocycles. The van der Waals surface area contributed by atoms with Crippen LogP contribution < -0.4 is 5.32 Å². The highest BCUT2D eigenvalue weighted by Crippen LogP contribution is 2.51. The maximum atomic E-state index is 13.4. The molecule has 3 aliphatic carbocycles. The zero-order valence-electron chi connectivity index (χ0n) is 15.6. The largest absolute Gasteiger partial charge is 0.300 e. The van der Waals surface area contributed by atoms with E-state index in [9.17, 15) is 14.4 Å². The first-order valence-electron chi connectivity index (χ1n) is 9.79. The van der Waals surface area contributed by atoms with Crippen LogP contribution in [0.25, 0.3) is 0 Å². The van der Waals surface area contributed by atoms with Crippen LogP contribution in [0.1, 0.15) is 30.9 Å². The Morgan fingerprint density at radius 1 is 1.10 bits per heavy atom. The van der Waals surface area contributed by atoms with Gasteiger partial charge in [0.2, 0.25) is 22.9 Å². The van der Waals surface area contributed by atoms with Crippen molar-refractivity contribution in [3.05, 3.63) is 53.6 Å². The summed E-state index contributed by atoms with van der Waals surface area (Å²) in [5, 5.41) is 10.7. The summed E-state index contributed by atoms with van der Waals surface area (Å²) >= 11 is 1.22. The van der Waals surface area contributed by atoms with Crippen LogP contribution in [-0.2, 0) is 14.4 Å². The number of hydrogen-bond donors (Lipinski definition) is 1. The molecule has 1 N–H and O–H groups in total. The van der Waals surface area contributed by atoms with E-state index >= 15 is 0 Å². The van der Waals surface area contributed by atoms with Gasteiger partial charge in [-0.25, -0.2) is 0 Å². The van der Waals surface area contributed by atoms with Gasteiger partial charge in [-0.1, -0.05) is 53.8 Å². The Balaban J connectivity index is 1.46. The molecule has 148 valence electrons. The van der Waals surface area contributed by atoms with Crippen LogP contribution in [0.4, 0.5) is 5.13 Å². The smallest absolute Gasteiger partial charge is 0.234 e. The lowest BCUT2D eigenvalue weighted by atomic mass is 9.63. The number of nitrogens with one attached hydrogen (secondary N) is 1. The Kier molecular flexibility index (Phi) is 4.50. The monoisotopic (exact) mass is 408 g/mol. The number of fused-ring (bicyclic) bond motifs is 1. The first-order valence-corrected chi connectivity index (χ1v) is 10.7. The summed E-state index contributed by atoms with van der Waals surface area (Å²) in [6.07, 6.45) is 6.09. The number of hydrogen-bond acceptors (Lipinski definition) is 6. The predicted molar refractivity (Wildman–Crippen MR) is 107 cm³/mol. The molecule has 2 bridgehead atoms. The third-order valence-electron chi connectivity index (χ3n) is 6.27. The second-order valence-corrected chi connectivity index (χ2v) is 8.64. The molecule has 8 heteroatoms. The van der Waals surface area contributed by atoms with Crippen LogP contribution in [0, 0.1) is 23.7 Å². The molecule has 1 saturated carbocycles. The van der Waals surface area contributed by atoms with Gasteiger partial charge >= 0.3 is 0 Å². The van der Waals surface area contributed by atoms with Crippen molar-refractivity contribution in [2.75, 3.05) is 5.32 Å². The fourth-order valence-corrected chi connectivity index (χ4v) is 5.47. The first kappa shape index (κ1) is 18.2. The van der Waals surface area contributed by atoms with Crippen LogP contribution in [0.2, 0.25) is 0 Å². The number of aromatic nitrogens is 2. The lowest BCUT2D eigenvalue weighted by Gasteiger charge is -2.38. The van der Waals surface area contributed by atoms with E-state index in [0.717, 1.165) is 18.4 Å². The number of nitrogens with zero attached hydrogens (tertiary/aromatic N) is 3. The molecule has 6 rings (SSSR count). The predicted octanol–water partition coefficient (Wildman–Crippen LogP) is 2.81. The Labute approximate surface area is 171 Å². The van der Waals surface area contributed by atoms with Gasteiger partial charge < -0.3 is 5.32 Å². The minimum absolute atomic E-state index is 0.0106. The Bertz CT molecular complexity index is 943. The van der Waals surface area contributed by atoms with Crippen molar-refractivity contribution in [1.29, 1.82) is 0 Å². The lowest BCUT2D eigenvalue weighted by Crippen LogP contribution is -2.38. The number of allylic oxidation sites excluding steroid dienone is 2. The van der Waals surface area contributed by atoms with E-state index in [1.807, 2.05) is 30.3 Å². The van der Waals surface area contributed by atoms with Gasteiger partial charge in [-0.2, -0.15) is 0 Å². The van der Waals surface area contributed by atoms with Gasteiger partial charge in [-0.05, 0) is 30.2 Å². The number of imide groups is 1. The maximum absolute atomic E-state index is 13.4. The molecule has 3 amide bonds. The minimum Gasteiger partial charge on any atom is -0.300 e. The second kappa shape index (κ2) is 7.18. The highest BCUT2D eigenvalue weighted by atomic mass is 32.1. The van der Waals surface area contributed by atoms with Crippen LogP contribution in [-0.4, -0.2) is 32.8 Å². The number of anilines is 1. The quantitative estimate of drug-likeness (QED) is 0.607. The minimum atomic E-state index is -0.630. The zero-order valence-corrected chi connectivity index (χ0v) is 16.4. The van der Waals surface area contributed by atoms with E-state index in [2.05, 4.69) is 27.7 Å². The van der Waals surface area contributed by atoms with Gasteiger partial charge in [0.25, 0.3) is 0 Å². The lowest BCUT2D eigenvalue weighted by molar-refractivity contribution is -0.143. The SMILES string of the molecule is O=C(C[C@@H](c1ccccc1)N1C(=O)[C@@H]2[C@H](C1=O)[C@H]1C=C[C@H]2CC1)Nc1nncs1. The van der Waals surface area contributed by atoms with E-state index in [-0.39, 0.29) is 47.8 Å². The average molecular weight is 408 g/mol. The van der Waals surface area contributed by atoms with Crippen LogP contribution >= 0.6 is 11.3 Å². The van der Waals surface area contributed by atoms with Crippen molar-refractivity contribution in [1.82, 2.24) is 15.1 Å². The van der Waals surface area contributed by atoms with Crippen molar-refractivity contribution in [3.8, 4) is 0 Å².